The number of carbonyl (C=O) groups excluding carboxylic acids is 2. The molecule has 106 valence electrons. The van der Waals surface area contributed by atoms with Crippen LogP contribution >= 0.6 is 0 Å². The second-order valence-electron chi connectivity index (χ2n) is 3.89. The van der Waals surface area contributed by atoms with Crippen molar-refractivity contribution in [2.75, 3.05) is 13.1 Å². The average Bonchev–Trinajstić information content (AvgIpc) is 2.36. The molecule has 0 radical (unpaired) electrons. The van der Waals surface area contributed by atoms with Crippen LogP contribution in [0.1, 0.15) is 20.7 Å². The van der Waals surface area contributed by atoms with E-state index in [1.165, 1.54) is 24.3 Å². The Bertz CT molecular complexity index is 553. The molecule has 0 unspecified atom stereocenters. The van der Waals surface area contributed by atoms with Crippen LogP contribution in [0.15, 0.2) is 24.3 Å². The van der Waals surface area contributed by atoms with Crippen molar-refractivity contribution in [3.8, 4) is 0 Å². The summed E-state index contributed by atoms with van der Waals surface area (Å²) in [5.41, 5.74) is 5.13. The van der Waals surface area contributed by atoms with Crippen molar-refractivity contribution in [2.24, 2.45) is 5.73 Å². The zero-order valence-electron chi connectivity index (χ0n) is 10.3. The number of nitrogens with zero attached hydrogens (tertiary/aromatic N) is 1. The van der Waals surface area contributed by atoms with Gasteiger partial charge in [0, 0.05) is 11.1 Å². The summed E-state index contributed by atoms with van der Waals surface area (Å²) in [5.74, 6) is -4.24. The highest BCUT2D eigenvalue weighted by Crippen LogP contribution is 2.08. The fourth-order valence-electron chi connectivity index (χ4n) is 1.51. The van der Waals surface area contributed by atoms with Crippen molar-refractivity contribution < 1.29 is 29.4 Å². The lowest BCUT2D eigenvalue weighted by Gasteiger charge is -2.18. The van der Waals surface area contributed by atoms with Gasteiger partial charge in [-0.15, -0.1) is 0 Å². The van der Waals surface area contributed by atoms with E-state index in [0.29, 0.717) is 4.90 Å². The maximum absolute atomic E-state index is 12.0. The number of rotatable bonds is 6. The highest BCUT2D eigenvalue weighted by molar-refractivity contribution is 6.00. The minimum atomic E-state index is -1.34. The maximum atomic E-state index is 12.0. The normalized spacial score (nSPS) is 9.80. The summed E-state index contributed by atoms with van der Waals surface area (Å²) in [6.45, 7) is -1.52. The molecule has 1 rings (SSSR count). The van der Waals surface area contributed by atoms with E-state index in [4.69, 9.17) is 15.9 Å². The smallest absolute Gasteiger partial charge is 0.323 e. The third kappa shape index (κ3) is 4.09. The Labute approximate surface area is 113 Å². The van der Waals surface area contributed by atoms with Crippen LogP contribution in [0.4, 0.5) is 0 Å². The number of primary amides is 1. The van der Waals surface area contributed by atoms with E-state index in [1.807, 2.05) is 0 Å². The lowest BCUT2D eigenvalue weighted by molar-refractivity contribution is -0.140. The fourth-order valence-corrected chi connectivity index (χ4v) is 1.51. The molecule has 8 nitrogen and oxygen atoms in total. The molecule has 0 atom stereocenters. The van der Waals surface area contributed by atoms with E-state index in [2.05, 4.69) is 0 Å². The first-order valence-corrected chi connectivity index (χ1v) is 5.44. The number of hydrogen-bond acceptors (Lipinski definition) is 4. The van der Waals surface area contributed by atoms with Gasteiger partial charge in [-0.2, -0.15) is 0 Å². The molecule has 0 fully saturated rings. The first-order chi connectivity index (χ1) is 9.31. The molecular weight excluding hydrogens is 268 g/mol. The fraction of sp³-hybridized carbons (Fsp3) is 0.167. The van der Waals surface area contributed by atoms with Crippen molar-refractivity contribution >= 4 is 23.8 Å². The molecule has 0 aliphatic heterocycles. The number of aliphatic carboxylic acids is 2. The van der Waals surface area contributed by atoms with E-state index >= 15 is 0 Å². The van der Waals surface area contributed by atoms with Gasteiger partial charge in [0.05, 0.1) is 0 Å². The van der Waals surface area contributed by atoms with E-state index < -0.39 is 36.8 Å². The van der Waals surface area contributed by atoms with Crippen LogP contribution in [0.5, 0.6) is 0 Å². The molecule has 4 N–H and O–H groups in total. The predicted molar refractivity (Wildman–Crippen MR) is 66.1 cm³/mol. The van der Waals surface area contributed by atoms with Gasteiger partial charge in [0.25, 0.3) is 5.91 Å². The molecule has 0 saturated heterocycles. The number of hydrogen-bond donors (Lipinski definition) is 3. The average molecular weight is 280 g/mol. The lowest BCUT2D eigenvalue weighted by atomic mass is 10.1. The summed E-state index contributed by atoms with van der Waals surface area (Å²) in [6, 6.07) is 5.30. The molecule has 0 aromatic heterocycles. The van der Waals surface area contributed by atoms with Crippen LogP contribution in [-0.2, 0) is 9.59 Å². The Morgan fingerprint density at radius 3 is 1.95 bits per heavy atom. The number of amides is 2. The van der Waals surface area contributed by atoms with Gasteiger partial charge < -0.3 is 20.8 Å². The monoisotopic (exact) mass is 280 g/mol. The quantitative estimate of drug-likeness (QED) is 0.635. The summed E-state index contributed by atoms with van der Waals surface area (Å²) >= 11 is 0. The summed E-state index contributed by atoms with van der Waals surface area (Å²) < 4.78 is 0. The SMILES string of the molecule is NC(=O)c1cccc(C(=O)N(CC(=O)O)CC(=O)O)c1. The second-order valence-corrected chi connectivity index (χ2v) is 3.89. The molecule has 0 bridgehead atoms. The maximum Gasteiger partial charge on any atom is 0.323 e. The van der Waals surface area contributed by atoms with Gasteiger partial charge >= 0.3 is 11.9 Å². The third-order valence-electron chi connectivity index (χ3n) is 2.33. The Balaban J connectivity index is 3.04. The van der Waals surface area contributed by atoms with Crippen molar-refractivity contribution in [1.29, 1.82) is 0 Å². The van der Waals surface area contributed by atoms with Crippen molar-refractivity contribution in [3.05, 3.63) is 35.4 Å². The molecule has 8 heteroatoms. The van der Waals surface area contributed by atoms with Crippen LogP contribution < -0.4 is 5.73 Å². The standard InChI is InChI=1S/C12H12N2O6/c13-11(19)7-2-1-3-8(4-7)12(20)14(5-9(15)16)6-10(17)18/h1-4H,5-6H2,(H2,13,19)(H,15,16)(H,17,18). The third-order valence-corrected chi connectivity index (χ3v) is 2.33. The van der Waals surface area contributed by atoms with Crippen LogP contribution in [0.3, 0.4) is 0 Å². The van der Waals surface area contributed by atoms with Gasteiger partial charge in [-0.25, -0.2) is 0 Å². The lowest BCUT2D eigenvalue weighted by Crippen LogP contribution is -2.39. The van der Waals surface area contributed by atoms with Gasteiger partial charge in [0.2, 0.25) is 5.91 Å². The van der Waals surface area contributed by atoms with E-state index in [0.717, 1.165) is 0 Å². The zero-order chi connectivity index (χ0) is 15.3. The summed E-state index contributed by atoms with van der Waals surface area (Å²) in [5, 5.41) is 17.3. The molecule has 20 heavy (non-hydrogen) atoms. The molecule has 2 amide bonds. The van der Waals surface area contributed by atoms with Crippen molar-refractivity contribution in [1.82, 2.24) is 4.90 Å². The second kappa shape index (κ2) is 6.32. The molecule has 1 aromatic rings. The van der Waals surface area contributed by atoms with Crippen LogP contribution in [0, 0.1) is 0 Å². The number of carboxylic acids is 2. The highest BCUT2D eigenvalue weighted by atomic mass is 16.4. The summed E-state index contributed by atoms with van der Waals surface area (Å²) in [6.07, 6.45) is 0. The van der Waals surface area contributed by atoms with Gasteiger partial charge in [-0.1, -0.05) is 6.07 Å². The molecule has 0 aliphatic carbocycles. The Hall–Kier alpha value is -2.90. The van der Waals surface area contributed by atoms with Gasteiger partial charge in [0.15, 0.2) is 0 Å². The van der Waals surface area contributed by atoms with Crippen LogP contribution in [0.2, 0.25) is 0 Å². The Kier molecular flexibility index (Phi) is 4.79. The van der Waals surface area contributed by atoms with Gasteiger partial charge in [-0.3, -0.25) is 19.2 Å². The number of carboxylic acid groups (broad SMARTS) is 2. The van der Waals surface area contributed by atoms with Gasteiger partial charge in [0.1, 0.15) is 13.1 Å². The molecule has 0 aliphatic rings. The van der Waals surface area contributed by atoms with Crippen LogP contribution in [-0.4, -0.2) is 52.0 Å². The van der Waals surface area contributed by atoms with E-state index in [-0.39, 0.29) is 11.1 Å². The zero-order valence-corrected chi connectivity index (χ0v) is 10.3. The minimum absolute atomic E-state index is 0.0104. The Morgan fingerprint density at radius 1 is 1.00 bits per heavy atom. The minimum Gasteiger partial charge on any atom is -0.480 e. The van der Waals surface area contributed by atoms with E-state index in [9.17, 15) is 19.2 Å². The molecule has 0 spiro atoms. The molecular formula is C12H12N2O6. The van der Waals surface area contributed by atoms with Gasteiger partial charge in [-0.05, 0) is 18.2 Å². The predicted octanol–water partition coefficient (Wildman–Crippen LogP) is -0.603. The van der Waals surface area contributed by atoms with Crippen molar-refractivity contribution in [3.63, 3.8) is 0 Å². The van der Waals surface area contributed by atoms with E-state index in [1.54, 1.807) is 0 Å². The number of nitrogens with two attached hydrogens (primary N) is 1. The van der Waals surface area contributed by atoms with Crippen LogP contribution in [0.25, 0.3) is 0 Å². The number of benzene rings is 1. The Morgan fingerprint density at radius 2 is 1.50 bits per heavy atom. The summed E-state index contributed by atoms with van der Waals surface area (Å²) in [4.78, 5) is 45.0. The first kappa shape index (κ1) is 15.2. The number of carbonyl (C=O) groups is 4. The first-order valence-electron chi connectivity index (χ1n) is 5.44. The largest absolute Gasteiger partial charge is 0.480 e. The molecule has 0 heterocycles. The summed E-state index contributed by atoms with van der Waals surface area (Å²) in [7, 11) is 0. The molecule has 0 saturated carbocycles. The van der Waals surface area contributed by atoms with Crippen molar-refractivity contribution in [2.45, 2.75) is 0 Å². The highest BCUT2D eigenvalue weighted by Gasteiger charge is 2.21. The molecule has 1 aromatic carbocycles. The topological polar surface area (TPSA) is 138 Å².